The van der Waals surface area contributed by atoms with Crippen molar-refractivity contribution in [1.29, 1.82) is 0 Å². The van der Waals surface area contributed by atoms with E-state index in [1.165, 1.54) is 0 Å². The van der Waals surface area contributed by atoms with Crippen molar-refractivity contribution in [2.24, 2.45) is 5.11 Å². The Morgan fingerprint density at radius 2 is 1.41 bits per heavy atom. The third kappa shape index (κ3) is 9.20. The Morgan fingerprint density at radius 1 is 0.776 bits per heavy atom. The summed E-state index contributed by atoms with van der Waals surface area (Å²) in [7, 11) is -2.98. The first kappa shape index (κ1) is 42.4. The van der Waals surface area contributed by atoms with Crippen molar-refractivity contribution < 1.29 is 51.5 Å². The van der Waals surface area contributed by atoms with E-state index in [-0.39, 0.29) is 36.4 Å². The van der Waals surface area contributed by atoms with Crippen LogP contribution in [0.3, 0.4) is 0 Å². The second kappa shape index (κ2) is 18.3. The maximum Gasteiger partial charge on any atom is 0.349 e. The van der Waals surface area contributed by atoms with E-state index in [9.17, 15) is 4.79 Å². The van der Waals surface area contributed by atoms with Gasteiger partial charge < -0.3 is 46.7 Å². The van der Waals surface area contributed by atoms with Crippen LogP contribution in [0.4, 0.5) is 0 Å². The molecule has 0 amide bonds. The van der Waals surface area contributed by atoms with Gasteiger partial charge in [0.2, 0.25) is 0 Å². The van der Waals surface area contributed by atoms with Crippen LogP contribution in [0.5, 0.6) is 0 Å². The average Bonchev–Trinajstić information content (AvgIpc) is 3.56. The second-order valence-corrected chi connectivity index (χ2v) is 21.8. The van der Waals surface area contributed by atoms with Crippen LogP contribution < -0.4 is 0 Å². The third-order valence-corrected chi connectivity index (χ3v) is 16.1. The van der Waals surface area contributed by atoms with Crippen LogP contribution in [0, 0.1) is 0 Å². The van der Waals surface area contributed by atoms with Gasteiger partial charge in [0.15, 0.2) is 25.0 Å². The zero-order valence-corrected chi connectivity index (χ0v) is 35.0. The van der Waals surface area contributed by atoms with E-state index in [0.29, 0.717) is 18.6 Å². The number of fused-ring (bicyclic) bond motifs is 2. The highest BCUT2D eigenvalue weighted by atomic mass is 28.4. The molecule has 0 N–H and O–H groups in total. The molecule has 3 aromatic carbocycles. The van der Waals surface area contributed by atoms with Crippen LogP contribution in [0.25, 0.3) is 10.4 Å². The van der Waals surface area contributed by atoms with E-state index in [4.69, 9.17) is 52.3 Å². The quantitative estimate of drug-likeness (QED) is 0.0412. The Kier molecular flexibility index (Phi) is 13.4. The number of rotatable bonds is 13. The maximum absolute atomic E-state index is 13.9. The minimum atomic E-state index is -2.98. The molecule has 0 aliphatic carbocycles. The van der Waals surface area contributed by atoms with Gasteiger partial charge in [-0.15, -0.1) is 0 Å². The Morgan fingerprint density at radius 3 is 2.09 bits per heavy atom. The van der Waals surface area contributed by atoms with Crippen LogP contribution in [0.1, 0.15) is 75.7 Å². The lowest BCUT2D eigenvalue weighted by Gasteiger charge is -2.53. The fourth-order valence-corrected chi connectivity index (χ4v) is 13.4. The second-order valence-electron chi connectivity index (χ2n) is 17.0. The van der Waals surface area contributed by atoms with Crippen molar-refractivity contribution in [3.8, 4) is 0 Å². The van der Waals surface area contributed by atoms with Gasteiger partial charge >= 0.3 is 14.5 Å². The first-order valence-electron chi connectivity index (χ1n) is 20.0. The van der Waals surface area contributed by atoms with Crippen molar-refractivity contribution >= 4 is 14.5 Å². The molecule has 0 bridgehead atoms. The number of nitrogens with zero attached hydrogens (tertiary/aromatic N) is 3. The van der Waals surface area contributed by atoms with Crippen molar-refractivity contribution in [2.75, 3.05) is 26.4 Å². The van der Waals surface area contributed by atoms with Crippen molar-refractivity contribution in [3.05, 3.63) is 118 Å². The predicted molar refractivity (Wildman–Crippen MR) is 213 cm³/mol. The molecule has 4 fully saturated rings. The summed E-state index contributed by atoms with van der Waals surface area (Å²) < 4.78 is 66.7. The Bertz CT molecular complexity index is 1830. The molecule has 0 radical (unpaired) electrons. The van der Waals surface area contributed by atoms with Crippen LogP contribution in [0.2, 0.25) is 10.1 Å². The van der Waals surface area contributed by atoms with Crippen molar-refractivity contribution in [3.63, 3.8) is 0 Å². The molecule has 4 aliphatic heterocycles. The van der Waals surface area contributed by atoms with Gasteiger partial charge in [0.1, 0.15) is 36.6 Å². The average molecular weight is 818 g/mol. The number of hydrogen-bond donors (Lipinski definition) is 0. The molecular formula is C43H55N3O11Si. The molecule has 10 atom stereocenters. The molecule has 14 nitrogen and oxygen atoms in total. The first-order valence-corrected chi connectivity index (χ1v) is 21.8. The number of esters is 1. The van der Waals surface area contributed by atoms with Gasteiger partial charge in [-0.2, -0.15) is 0 Å². The number of azide groups is 1. The summed E-state index contributed by atoms with van der Waals surface area (Å²) in [6, 6.07) is 28.2. The highest BCUT2D eigenvalue weighted by molar-refractivity contribution is 6.73. The lowest BCUT2D eigenvalue weighted by atomic mass is 9.96. The molecule has 4 saturated heterocycles. The van der Waals surface area contributed by atoms with Crippen LogP contribution in [0.15, 0.2) is 96.1 Å². The predicted octanol–water partition coefficient (Wildman–Crippen LogP) is 7.92. The van der Waals surface area contributed by atoms with E-state index >= 15 is 0 Å². The Hall–Kier alpha value is -3.70. The molecule has 1 unspecified atom stereocenters. The van der Waals surface area contributed by atoms with Gasteiger partial charge in [-0.1, -0.05) is 126 Å². The molecule has 58 heavy (non-hydrogen) atoms. The maximum atomic E-state index is 13.9. The zero-order valence-electron chi connectivity index (χ0n) is 34.0. The summed E-state index contributed by atoms with van der Waals surface area (Å²) in [4.78, 5) is 16.7. The van der Waals surface area contributed by atoms with Crippen molar-refractivity contribution in [2.45, 2.75) is 126 Å². The van der Waals surface area contributed by atoms with E-state index in [2.05, 4.69) is 51.6 Å². The van der Waals surface area contributed by atoms with E-state index < -0.39 is 76.1 Å². The molecule has 15 heteroatoms. The van der Waals surface area contributed by atoms with E-state index in [1.807, 2.05) is 66.7 Å². The van der Waals surface area contributed by atoms with Gasteiger partial charge in [-0.25, -0.2) is 4.79 Å². The van der Waals surface area contributed by atoms with E-state index in [1.54, 1.807) is 24.3 Å². The Balaban J connectivity index is 1.25. The zero-order chi connectivity index (χ0) is 40.9. The van der Waals surface area contributed by atoms with Crippen LogP contribution in [-0.4, -0.2) is 96.2 Å². The van der Waals surface area contributed by atoms with Gasteiger partial charge in [0, 0.05) is 27.1 Å². The summed E-state index contributed by atoms with van der Waals surface area (Å²) in [5, 5.41) is 3.04. The monoisotopic (exact) mass is 817 g/mol. The Labute approximate surface area is 341 Å². The molecule has 4 heterocycles. The molecule has 0 saturated carbocycles. The summed E-state index contributed by atoms with van der Waals surface area (Å²) in [5.41, 5.74) is 10.9. The van der Waals surface area contributed by atoms with Gasteiger partial charge in [0.25, 0.3) is 0 Å². The summed E-state index contributed by atoms with van der Waals surface area (Å²) in [6.07, 6.45) is -7.91. The lowest BCUT2D eigenvalue weighted by molar-refractivity contribution is -0.378. The third-order valence-electron chi connectivity index (χ3n) is 10.9. The lowest BCUT2D eigenvalue weighted by Crippen LogP contribution is -2.66. The molecule has 0 aromatic heterocycles. The highest BCUT2D eigenvalue weighted by Crippen LogP contribution is 2.56. The summed E-state index contributed by atoms with van der Waals surface area (Å²) in [6.45, 7) is 14.1. The topological polar surface area (TPSA) is 158 Å². The number of ether oxygens (including phenoxy) is 8. The largest absolute Gasteiger partial charge is 0.450 e. The van der Waals surface area contributed by atoms with Crippen LogP contribution in [-0.2, 0) is 53.4 Å². The van der Waals surface area contributed by atoms with Gasteiger partial charge in [-0.3, -0.25) is 0 Å². The SMILES string of the molecule is CC(C)(C)[Si]1(C(C)(C)C)OC[C@@H]2O[C@@H](O[C@H]3[C@H]4OC(c5ccccc5)OC[C@H]4O[C@@H](OCCCN=[N+]=[N-])[C@@H]3OC(=O)c3ccccc3)[C@H](OCc3ccccc3)[C@H]2O1. The summed E-state index contributed by atoms with van der Waals surface area (Å²) >= 11 is 0. The number of carbonyl (C=O) groups excluding carboxylic acids is 1. The molecule has 7 rings (SSSR count). The minimum absolute atomic E-state index is 0.134. The summed E-state index contributed by atoms with van der Waals surface area (Å²) in [5.74, 6) is -0.601. The smallest absolute Gasteiger partial charge is 0.349 e. The van der Waals surface area contributed by atoms with E-state index in [0.717, 1.165) is 11.1 Å². The molecule has 3 aromatic rings. The van der Waals surface area contributed by atoms with Crippen molar-refractivity contribution in [1.82, 2.24) is 0 Å². The highest BCUT2D eigenvalue weighted by Gasteiger charge is 2.66. The molecule has 312 valence electrons. The number of benzene rings is 3. The molecule has 0 spiro atoms. The standard InChI is InChI=1S/C43H55N3O11Si/c1-42(2,3)58(43(4,5)6)51-27-32-34(57-58)36(49-25-28-17-10-7-11-18-28)41(53-32)56-35-33-31(26-50-39(55-33)30-21-14-9-15-22-30)52-40(48-24-16-23-45-46-44)37(35)54-38(47)29-19-12-8-13-20-29/h7-15,17-22,31-37,39-41H,16,23-27H2,1-6H3/t31-,32+,33+,34+,35+,36-,37-,39?,40-,41+/m1/s1. The van der Waals surface area contributed by atoms with Gasteiger partial charge in [0.05, 0.1) is 32.0 Å². The minimum Gasteiger partial charge on any atom is -0.450 e. The molecule has 4 aliphatic rings. The fraction of sp³-hybridized carbons (Fsp3) is 0.558. The number of carbonyl (C=O) groups is 1. The normalized spacial score (nSPS) is 30.7. The first-order chi connectivity index (χ1) is 27.9. The molecular weight excluding hydrogens is 763 g/mol. The fourth-order valence-electron chi connectivity index (χ4n) is 8.40. The van der Waals surface area contributed by atoms with Gasteiger partial charge in [-0.05, 0) is 29.6 Å². The number of hydrogen-bond acceptors (Lipinski definition) is 12. The van der Waals surface area contributed by atoms with Crippen LogP contribution >= 0.6 is 0 Å².